The van der Waals surface area contributed by atoms with Gasteiger partial charge in [0.2, 0.25) is 0 Å². The molecule has 0 atom stereocenters. The maximum atomic E-state index is 10.7. The van der Waals surface area contributed by atoms with E-state index < -0.39 is 4.92 Å². The molecule has 2 rings (SSSR count). The lowest BCUT2D eigenvalue weighted by molar-refractivity contribution is -0.384. The minimum absolute atomic E-state index is 0.0597. The van der Waals surface area contributed by atoms with Gasteiger partial charge in [-0.1, -0.05) is 6.07 Å². The maximum Gasteiger partial charge on any atom is 0.269 e. The van der Waals surface area contributed by atoms with Crippen LogP contribution < -0.4 is 10.5 Å². The van der Waals surface area contributed by atoms with E-state index in [0.29, 0.717) is 18.0 Å². The standard InChI is InChI=1S/C15H16N2O3/c1-10-8-14(5-3-12(10)9-16)20-15-6-4-13(17(18)19)7-11(15)2/h3-8H,9,16H2,1-2H3. The van der Waals surface area contributed by atoms with E-state index in [0.717, 1.165) is 16.7 Å². The van der Waals surface area contributed by atoms with Gasteiger partial charge in [-0.05, 0) is 48.7 Å². The first-order valence-electron chi connectivity index (χ1n) is 6.23. The second-order valence-electron chi connectivity index (χ2n) is 4.60. The molecule has 0 aliphatic carbocycles. The quantitative estimate of drug-likeness (QED) is 0.682. The van der Waals surface area contributed by atoms with Crippen LogP contribution in [0.4, 0.5) is 5.69 Å². The van der Waals surface area contributed by atoms with Crippen molar-refractivity contribution >= 4 is 5.69 Å². The van der Waals surface area contributed by atoms with E-state index in [2.05, 4.69) is 0 Å². The van der Waals surface area contributed by atoms with Crippen LogP contribution in [0.25, 0.3) is 0 Å². The summed E-state index contributed by atoms with van der Waals surface area (Å²) in [6.45, 7) is 4.24. The predicted molar refractivity (Wildman–Crippen MR) is 77.0 cm³/mol. The fourth-order valence-corrected chi connectivity index (χ4v) is 1.95. The lowest BCUT2D eigenvalue weighted by Crippen LogP contribution is -1.99. The predicted octanol–water partition coefficient (Wildman–Crippen LogP) is 3.46. The van der Waals surface area contributed by atoms with Crippen LogP contribution in [0.3, 0.4) is 0 Å². The molecule has 0 aromatic heterocycles. The molecule has 2 aromatic rings. The summed E-state index contributed by atoms with van der Waals surface area (Å²) in [4.78, 5) is 10.3. The minimum Gasteiger partial charge on any atom is -0.457 e. The van der Waals surface area contributed by atoms with Gasteiger partial charge in [0.15, 0.2) is 0 Å². The Morgan fingerprint density at radius 1 is 1.15 bits per heavy atom. The Kier molecular flexibility index (Phi) is 4.00. The number of nitrogens with two attached hydrogens (primary N) is 1. The first-order chi connectivity index (χ1) is 9.51. The largest absolute Gasteiger partial charge is 0.457 e. The molecule has 2 aromatic carbocycles. The summed E-state index contributed by atoms with van der Waals surface area (Å²) in [7, 11) is 0. The summed E-state index contributed by atoms with van der Waals surface area (Å²) in [6.07, 6.45) is 0. The smallest absolute Gasteiger partial charge is 0.269 e. The van der Waals surface area contributed by atoms with Crippen molar-refractivity contribution < 1.29 is 9.66 Å². The Morgan fingerprint density at radius 3 is 2.45 bits per heavy atom. The van der Waals surface area contributed by atoms with Gasteiger partial charge in [0.25, 0.3) is 5.69 Å². The summed E-state index contributed by atoms with van der Waals surface area (Å²) in [5.74, 6) is 1.30. The van der Waals surface area contributed by atoms with Crippen molar-refractivity contribution in [1.29, 1.82) is 0 Å². The highest BCUT2D eigenvalue weighted by atomic mass is 16.6. The van der Waals surface area contributed by atoms with Crippen LogP contribution in [-0.4, -0.2) is 4.92 Å². The van der Waals surface area contributed by atoms with Crippen molar-refractivity contribution in [2.45, 2.75) is 20.4 Å². The minimum atomic E-state index is -0.420. The average molecular weight is 272 g/mol. The van der Waals surface area contributed by atoms with Gasteiger partial charge < -0.3 is 10.5 Å². The van der Waals surface area contributed by atoms with Crippen LogP contribution in [0.2, 0.25) is 0 Å². The average Bonchev–Trinajstić information content (AvgIpc) is 2.41. The fraction of sp³-hybridized carbons (Fsp3) is 0.200. The molecular formula is C15H16N2O3. The fourth-order valence-electron chi connectivity index (χ4n) is 1.95. The number of non-ortho nitro benzene ring substituents is 1. The molecule has 104 valence electrons. The van der Waals surface area contributed by atoms with Crippen LogP contribution in [0.1, 0.15) is 16.7 Å². The van der Waals surface area contributed by atoms with Gasteiger partial charge >= 0.3 is 0 Å². The van der Waals surface area contributed by atoms with Gasteiger partial charge in [-0.25, -0.2) is 0 Å². The van der Waals surface area contributed by atoms with E-state index in [4.69, 9.17) is 10.5 Å². The third-order valence-electron chi connectivity index (χ3n) is 3.13. The first kappa shape index (κ1) is 14.0. The highest BCUT2D eigenvalue weighted by Crippen LogP contribution is 2.29. The highest BCUT2D eigenvalue weighted by Gasteiger charge is 2.09. The van der Waals surface area contributed by atoms with Crippen LogP contribution in [0, 0.1) is 24.0 Å². The molecule has 0 aliphatic rings. The molecule has 0 radical (unpaired) electrons. The van der Waals surface area contributed by atoms with Gasteiger partial charge in [-0.15, -0.1) is 0 Å². The van der Waals surface area contributed by atoms with Crippen LogP contribution >= 0.6 is 0 Å². The lowest BCUT2D eigenvalue weighted by Gasteiger charge is -2.10. The Hall–Kier alpha value is -2.40. The number of hydrogen-bond donors (Lipinski definition) is 1. The van der Waals surface area contributed by atoms with Gasteiger partial charge in [0, 0.05) is 18.7 Å². The SMILES string of the molecule is Cc1cc(Oc2ccc([N+](=O)[O-])cc2C)ccc1CN. The number of aryl methyl sites for hydroxylation is 2. The van der Waals surface area contributed by atoms with E-state index in [-0.39, 0.29) is 5.69 Å². The van der Waals surface area contributed by atoms with Crippen molar-refractivity contribution in [1.82, 2.24) is 0 Å². The van der Waals surface area contributed by atoms with Crippen LogP contribution in [-0.2, 0) is 6.54 Å². The molecule has 0 spiro atoms. The van der Waals surface area contributed by atoms with Gasteiger partial charge in [0.1, 0.15) is 11.5 Å². The number of nitro benzene ring substituents is 1. The van der Waals surface area contributed by atoms with Crippen molar-refractivity contribution in [3.8, 4) is 11.5 Å². The Bertz CT molecular complexity index is 654. The topological polar surface area (TPSA) is 78.4 Å². The molecule has 0 unspecified atom stereocenters. The second kappa shape index (κ2) is 5.71. The van der Waals surface area contributed by atoms with Crippen molar-refractivity contribution in [3.63, 3.8) is 0 Å². The van der Waals surface area contributed by atoms with Gasteiger partial charge in [-0.2, -0.15) is 0 Å². The van der Waals surface area contributed by atoms with Crippen LogP contribution in [0.5, 0.6) is 11.5 Å². The molecular weight excluding hydrogens is 256 g/mol. The molecule has 2 N–H and O–H groups in total. The number of nitro groups is 1. The molecule has 0 aliphatic heterocycles. The van der Waals surface area contributed by atoms with Crippen molar-refractivity contribution in [3.05, 3.63) is 63.2 Å². The third-order valence-corrected chi connectivity index (χ3v) is 3.13. The third kappa shape index (κ3) is 2.95. The normalized spacial score (nSPS) is 10.3. The van der Waals surface area contributed by atoms with Crippen molar-refractivity contribution in [2.24, 2.45) is 5.73 Å². The molecule has 0 bridgehead atoms. The zero-order chi connectivity index (χ0) is 14.7. The van der Waals surface area contributed by atoms with Gasteiger partial charge in [-0.3, -0.25) is 10.1 Å². The number of rotatable bonds is 4. The zero-order valence-corrected chi connectivity index (χ0v) is 11.4. The monoisotopic (exact) mass is 272 g/mol. The summed E-state index contributed by atoms with van der Waals surface area (Å²) < 4.78 is 5.76. The second-order valence-corrected chi connectivity index (χ2v) is 4.60. The molecule has 20 heavy (non-hydrogen) atoms. The maximum absolute atomic E-state index is 10.7. The summed E-state index contributed by atoms with van der Waals surface area (Å²) in [5.41, 5.74) is 8.53. The molecule has 5 heteroatoms. The summed E-state index contributed by atoms with van der Waals surface area (Å²) in [5, 5.41) is 10.7. The summed E-state index contributed by atoms with van der Waals surface area (Å²) in [6, 6.07) is 10.2. The Balaban J connectivity index is 2.26. The molecule has 0 fully saturated rings. The Labute approximate surface area is 117 Å². The first-order valence-corrected chi connectivity index (χ1v) is 6.23. The van der Waals surface area contributed by atoms with E-state index in [1.54, 1.807) is 13.0 Å². The molecule has 0 heterocycles. The number of benzene rings is 2. The van der Waals surface area contributed by atoms with E-state index in [9.17, 15) is 10.1 Å². The molecule has 0 amide bonds. The molecule has 0 saturated carbocycles. The number of nitrogens with zero attached hydrogens (tertiary/aromatic N) is 1. The number of ether oxygens (including phenoxy) is 1. The zero-order valence-electron chi connectivity index (χ0n) is 11.4. The molecule has 0 saturated heterocycles. The van der Waals surface area contributed by atoms with Crippen LogP contribution in [0.15, 0.2) is 36.4 Å². The number of hydrogen-bond acceptors (Lipinski definition) is 4. The lowest BCUT2D eigenvalue weighted by atomic mass is 10.1. The van der Waals surface area contributed by atoms with Crippen molar-refractivity contribution in [2.75, 3.05) is 0 Å². The van der Waals surface area contributed by atoms with Gasteiger partial charge in [0.05, 0.1) is 4.92 Å². The highest BCUT2D eigenvalue weighted by molar-refractivity contribution is 5.45. The van der Waals surface area contributed by atoms with E-state index >= 15 is 0 Å². The molecule has 5 nitrogen and oxygen atoms in total. The summed E-state index contributed by atoms with van der Waals surface area (Å²) >= 11 is 0. The van der Waals surface area contributed by atoms with E-state index in [1.165, 1.54) is 12.1 Å². The Morgan fingerprint density at radius 2 is 1.90 bits per heavy atom. The van der Waals surface area contributed by atoms with E-state index in [1.807, 2.05) is 25.1 Å².